The number of amides is 1. The monoisotopic (exact) mass is 348 g/mol. The van der Waals surface area contributed by atoms with Crippen molar-refractivity contribution in [3.05, 3.63) is 54.0 Å². The smallest absolute Gasteiger partial charge is 0.229 e. The first-order valence-electron chi connectivity index (χ1n) is 7.75. The van der Waals surface area contributed by atoms with E-state index < -0.39 is 10.0 Å². The lowest BCUT2D eigenvalue weighted by atomic mass is 10.1. The van der Waals surface area contributed by atoms with Gasteiger partial charge < -0.3 is 9.73 Å². The molecule has 128 valence electrons. The van der Waals surface area contributed by atoms with Crippen LogP contribution < -0.4 is 10.0 Å². The maximum Gasteiger partial charge on any atom is 0.229 e. The lowest BCUT2D eigenvalue weighted by Gasteiger charge is -2.18. The van der Waals surface area contributed by atoms with E-state index in [4.69, 9.17) is 4.42 Å². The van der Waals surface area contributed by atoms with Gasteiger partial charge in [-0.2, -0.15) is 0 Å². The van der Waals surface area contributed by atoms with Crippen molar-refractivity contribution in [1.82, 2.24) is 5.32 Å². The van der Waals surface area contributed by atoms with Crippen molar-refractivity contribution in [1.29, 1.82) is 0 Å². The molecular formula is C17H20N2O4S. The van der Waals surface area contributed by atoms with Gasteiger partial charge in [0.25, 0.3) is 0 Å². The van der Waals surface area contributed by atoms with Gasteiger partial charge in [-0.05, 0) is 37.1 Å². The Labute approximate surface area is 141 Å². The van der Waals surface area contributed by atoms with Crippen molar-refractivity contribution in [2.24, 2.45) is 5.92 Å². The molecule has 1 aromatic heterocycles. The molecule has 3 atom stereocenters. The van der Waals surface area contributed by atoms with Crippen LogP contribution in [0.25, 0.3) is 0 Å². The Kier molecular flexibility index (Phi) is 4.36. The van der Waals surface area contributed by atoms with Crippen LogP contribution in [0, 0.1) is 5.92 Å². The standard InChI is InChI=1S/C17H20N2O4S/c1-11(12-6-3-4-7-15(12)19-24(2,21)22)18-17(20)14-10-13(14)16-8-5-9-23-16/h3-9,11,13-14,19H,10H2,1-2H3,(H,18,20). The zero-order valence-electron chi connectivity index (χ0n) is 13.5. The molecule has 1 amide bonds. The quantitative estimate of drug-likeness (QED) is 0.840. The Hall–Kier alpha value is -2.28. The molecule has 1 saturated carbocycles. The Morgan fingerprint density at radius 1 is 1.25 bits per heavy atom. The summed E-state index contributed by atoms with van der Waals surface area (Å²) in [5, 5.41) is 2.96. The molecule has 7 heteroatoms. The number of rotatable bonds is 6. The first kappa shape index (κ1) is 16.6. The van der Waals surface area contributed by atoms with Gasteiger partial charge in [0.05, 0.1) is 24.2 Å². The third kappa shape index (κ3) is 3.79. The predicted molar refractivity (Wildman–Crippen MR) is 91.0 cm³/mol. The van der Waals surface area contributed by atoms with Gasteiger partial charge in [0.1, 0.15) is 5.76 Å². The van der Waals surface area contributed by atoms with Crippen LogP contribution in [0.1, 0.15) is 36.6 Å². The van der Waals surface area contributed by atoms with Crippen molar-refractivity contribution in [2.45, 2.75) is 25.3 Å². The third-order valence-electron chi connectivity index (χ3n) is 4.12. The molecule has 1 aliphatic rings. The summed E-state index contributed by atoms with van der Waals surface area (Å²) in [6.07, 6.45) is 3.48. The number of furan rings is 1. The lowest BCUT2D eigenvalue weighted by molar-refractivity contribution is -0.123. The SMILES string of the molecule is CC(NC(=O)C1CC1c1ccco1)c1ccccc1NS(C)(=O)=O. The fraction of sp³-hybridized carbons (Fsp3) is 0.353. The summed E-state index contributed by atoms with van der Waals surface area (Å²) >= 11 is 0. The number of para-hydroxylation sites is 1. The molecule has 3 rings (SSSR count). The minimum absolute atomic E-state index is 0.0435. The van der Waals surface area contributed by atoms with Gasteiger partial charge >= 0.3 is 0 Å². The van der Waals surface area contributed by atoms with Gasteiger partial charge in [-0.15, -0.1) is 0 Å². The fourth-order valence-corrected chi connectivity index (χ4v) is 3.45. The molecule has 1 aliphatic carbocycles. The van der Waals surface area contributed by atoms with Crippen molar-refractivity contribution in [3.63, 3.8) is 0 Å². The summed E-state index contributed by atoms with van der Waals surface area (Å²) in [4.78, 5) is 12.4. The molecule has 2 N–H and O–H groups in total. The van der Waals surface area contributed by atoms with Crippen molar-refractivity contribution in [3.8, 4) is 0 Å². The van der Waals surface area contributed by atoms with Crippen LogP contribution in [-0.2, 0) is 14.8 Å². The molecule has 6 nitrogen and oxygen atoms in total. The predicted octanol–water partition coefficient (Wildman–Crippen LogP) is 2.63. The molecule has 0 aliphatic heterocycles. The van der Waals surface area contributed by atoms with Gasteiger partial charge in [-0.1, -0.05) is 18.2 Å². The Morgan fingerprint density at radius 2 is 2.00 bits per heavy atom. The van der Waals surface area contributed by atoms with Crippen LogP contribution >= 0.6 is 0 Å². The van der Waals surface area contributed by atoms with E-state index in [9.17, 15) is 13.2 Å². The number of hydrogen-bond acceptors (Lipinski definition) is 4. The topological polar surface area (TPSA) is 88.4 Å². The normalized spacial score (nSPS) is 21.1. The largest absolute Gasteiger partial charge is 0.469 e. The van der Waals surface area contributed by atoms with Gasteiger partial charge in [-0.25, -0.2) is 8.42 Å². The number of anilines is 1. The summed E-state index contributed by atoms with van der Waals surface area (Å²) in [7, 11) is -3.38. The second kappa shape index (κ2) is 6.32. The summed E-state index contributed by atoms with van der Waals surface area (Å²) < 4.78 is 30.8. The second-order valence-electron chi connectivity index (χ2n) is 6.16. The number of hydrogen-bond donors (Lipinski definition) is 2. The van der Waals surface area contributed by atoms with Crippen molar-refractivity contribution < 1.29 is 17.6 Å². The highest BCUT2D eigenvalue weighted by atomic mass is 32.2. The van der Waals surface area contributed by atoms with Crippen LogP contribution in [0.15, 0.2) is 47.1 Å². The number of carbonyl (C=O) groups excluding carboxylic acids is 1. The van der Waals surface area contributed by atoms with Gasteiger partial charge in [-0.3, -0.25) is 9.52 Å². The first-order chi connectivity index (χ1) is 11.3. The van der Waals surface area contributed by atoms with Gasteiger partial charge in [0, 0.05) is 11.8 Å². The number of nitrogens with one attached hydrogen (secondary N) is 2. The maximum atomic E-state index is 12.4. The summed E-state index contributed by atoms with van der Waals surface area (Å²) in [6.45, 7) is 1.84. The Morgan fingerprint density at radius 3 is 2.67 bits per heavy atom. The van der Waals surface area contributed by atoms with E-state index in [0.717, 1.165) is 24.0 Å². The van der Waals surface area contributed by atoms with E-state index in [2.05, 4.69) is 10.0 Å². The van der Waals surface area contributed by atoms with Crippen molar-refractivity contribution >= 4 is 21.6 Å². The molecule has 24 heavy (non-hydrogen) atoms. The van der Waals surface area contributed by atoms with E-state index in [1.165, 1.54) is 0 Å². The average Bonchev–Trinajstić information content (AvgIpc) is 3.12. The molecular weight excluding hydrogens is 328 g/mol. The fourth-order valence-electron chi connectivity index (χ4n) is 2.87. The van der Waals surface area contributed by atoms with E-state index >= 15 is 0 Å². The highest BCUT2D eigenvalue weighted by Gasteiger charge is 2.46. The molecule has 2 aromatic rings. The molecule has 3 unspecified atom stereocenters. The molecule has 1 fully saturated rings. The number of sulfonamides is 1. The second-order valence-corrected chi connectivity index (χ2v) is 7.90. The number of benzene rings is 1. The minimum atomic E-state index is -3.38. The van der Waals surface area contributed by atoms with Gasteiger partial charge in [0.2, 0.25) is 15.9 Å². The molecule has 0 saturated heterocycles. The molecule has 0 spiro atoms. The van der Waals surface area contributed by atoms with Crippen LogP contribution in [0.4, 0.5) is 5.69 Å². The van der Waals surface area contributed by atoms with Crippen LogP contribution in [0.5, 0.6) is 0 Å². The lowest BCUT2D eigenvalue weighted by Crippen LogP contribution is -2.29. The molecule has 1 heterocycles. The minimum Gasteiger partial charge on any atom is -0.469 e. The highest BCUT2D eigenvalue weighted by Crippen LogP contribution is 2.48. The zero-order valence-corrected chi connectivity index (χ0v) is 14.3. The Balaban J connectivity index is 1.67. The van der Waals surface area contributed by atoms with E-state index in [1.54, 1.807) is 24.5 Å². The molecule has 1 aromatic carbocycles. The first-order valence-corrected chi connectivity index (χ1v) is 9.65. The van der Waals surface area contributed by atoms with Crippen LogP contribution in [-0.4, -0.2) is 20.6 Å². The maximum absolute atomic E-state index is 12.4. The third-order valence-corrected chi connectivity index (χ3v) is 4.71. The zero-order chi connectivity index (χ0) is 17.3. The van der Waals surface area contributed by atoms with Crippen LogP contribution in [0.2, 0.25) is 0 Å². The summed E-state index contributed by atoms with van der Waals surface area (Å²) in [6, 6.07) is 10.4. The number of carbonyl (C=O) groups is 1. The van der Waals surface area contributed by atoms with E-state index in [1.807, 2.05) is 25.1 Å². The molecule has 0 radical (unpaired) electrons. The van der Waals surface area contributed by atoms with E-state index in [0.29, 0.717) is 5.69 Å². The summed E-state index contributed by atoms with van der Waals surface area (Å²) in [5.41, 5.74) is 1.21. The Bertz CT molecular complexity index is 830. The van der Waals surface area contributed by atoms with Gasteiger partial charge in [0.15, 0.2) is 0 Å². The van der Waals surface area contributed by atoms with E-state index in [-0.39, 0.29) is 23.8 Å². The molecule has 0 bridgehead atoms. The van der Waals surface area contributed by atoms with Crippen LogP contribution in [0.3, 0.4) is 0 Å². The highest BCUT2D eigenvalue weighted by molar-refractivity contribution is 7.92. The average molecular weight is 348 g/mol. The summed E-state index contributed by atoms with van der Waals surface area (Å²) in [5.74, 6) is 0.838. The van der Waals surface area contributed by atoms with Crippen molar-refractivity contribution in [2.75, 3.05) is 11.0 Å².